The van der Waals surface area contributed by atoms with Crippen LogP contribution in [0.5, 0.6) is 11.5 Å². The minimum Gasteiger partial charge on any atom is -0.497 e. The zero-order chi connectivity index (χ0) is 28.9. The van der Waals surface area contributed by atoms with Crippen molar-refractivity contribution in [1.82, 2.24) is 0 Å². The summed E-state index contributed by atoms with van der Waals surface area (Å²) in [4.78, 5) is 28.6. The predicted molar refractivity (Wildman–Crippen MR) is 157 cm³/mol. The highest BCUT2D eigenvalue weighted by molar-refractivity contribution is 6.09. The summed E-state index contributed by atoms with van der Waals surface area (Å²) in [5.41, 5.74) is 2.87. The lowest BCUT2D eigenvalue weighted by Crippen LogP contribution is -2.37. The van der Waals surface area contributed by atoms with Crippen LogP contribution >= 0.6 is 0 Å². The molecule has 216 valence electrons. The molecule has 1 atom stereocenters. The van der Waals surface area contributed by atoms with Crippen molar-refractivity contribution in [3.63, 3.8) is 0 Å². The van der Waals surface area contributed by atoms with E-state index in [1.54, 1.807) is 38.4 Å². The van der Waals surface area contributed by atoms with E-state index in [0.29, 0.717) is 35.4 Å². The van der Waals surface area contributed by atoms with E-state index in [9.17, 15) is 19.1 Å². The van der Waals surface area contributed by atoms with Gasteiger partial charge in [-0.3, -0.25) is 9.59 Å². The zero-order valence-electron chi connectivity index (χ0n) is 23.6. The number of amides is 1. The third-order valence-corrected chi connectivity index (χ3v) is 8.25. The second-order valence-corrected chi connectivity index (χ2v) is 11.1. The van der Waals surface area contributed by atoms with Crippen LogP contribution in [0.15, 0.2) is 66.7 Å². The molecule has 1 N–H and O–H groups in total. The van der Waals surface area contributed by atoms with Gasteiger partial charge in [0.05, 0.1) is 31.4 Å². The first-order valence-corrected chi connectivity index (χ1v) is 14.2. The Morgan fingerprint density at radius 3 is 2.44 bits per heavy atom. The highest BCUT2D eigenvalue weighted by atomic mass is 19.1. The number of carboxylic acid groups (broad SMARTS) is 1. The number of halogens is 1. The fourth-order valence-electron chi connectivity index (χ4n) is 5.70. The van der Waals surface area contributed by atoms with E-state index in [1.807, 2.05) is 30.3 Å². The van der Waals surface area contributed by atoms with Crippen LogP contribution in [0.3, 0.4) is 0 Å². The Balaban J connectivity index is 1.22. The average Bonchev–Trinajstić information content (AvgIpc) is 3.84. The number of aliphatic carboxylic acids is 1. The van der Waals surface area contributed by atoms with Crippen molar-refractivity contribution in [2.45, 2.75) is 38.0 Å². The fourth-order valence-corrected chi connectivity index (χ4v) is 5.70. The number of carboxylic acids is 1. The largest absolute Gasteiger partial charge is 0.497 e. The SMILES string of the molecule is COc1ccc(C(=O)N(C)c2cccc(F)c2)c(N2CCC(COc3cccc(C(CC(=O)O)C4CC4)c3)CC2)c1. The summed E-state index contributed by atoms with van der Waals surface area (Å²) in [5, 5.41) is 9.36. The normalized spacial score (nSPS) is 16.2. The van der Waals surface area contributed by atoms with E-state index < -0.39 is 11.8 Å². The molecular weight excluding hydrogens is 523 g/mol. The van der Waals surface area contributed by atoms with Gasteiger partial charge in [-0.2, -0.15) is 0 Å². The fraction of sp³-hybridized carbons (Fsp3) is 0.394. The molecule has 1 unspecified atom stereocenters. The predicted octanol–water partition coefficient (Wildman–Crippen LogP) is 6.37. The molecule has 5 rings (SSSR count). The van der Waals surface area contributed by atoms with Crippen LogP contribution in [-0.4, -0.2) is 50.8 Å². The first-order chi connectivity index (χ1) is 19.8. The second-order valence-electron chi connectivity index (χ2n) is 11.1. The molecular formula is C33H37FN2O5. The molecule has 1 saturated heterocycles. The zero-order valence-corrected chi connectivity index (χ0v) is 23.6. The highest BCUT2D eigenvalue weighted by Crippen LogP contribution is 2.45. The maximum absolute atomic E-state index is 13.8. The number of rotatable bonds is 11. The highest BCUT2D eigenvalue weighted by Gasteiger charge is 2.34. The summed E-state index contributed by atoms with van der Waals surface area (Å²) in [5.74, 6) is 0.924. The first-order valence-electron chi connectivity index (χ1n) is 14.2. The molecule has 3 aromatic rings. The molecule has 1 aliphatic carbocycles. The van der Waals surface area contributed by atoms with Crippen LogP contribution in [0.1, 0.15) is 53.9 Å². The number of benzene rings is 3. The summed E-state index contributed by atoms with van der Waals surface area (Å²) in [6.45, 7) is 2.09. The van der Waals surface area contributed by atoms with Crippen molar-refractivity contribution in [3.8, 4) is 11.5 Å². The first kappa shape index (κ1) is 28.5. The Morgan fingerprint density at radius 2 is 1.76 bits per heavy atom. The second kappa shape index (κ2) is 12.6. The van der Waals surface area contributed by atoms with Gasteiger partial charge < -0.3 is 24.4 Å². The molecule has 0 radical (unpaired) electrons. The Bertz CT molecular complexity index is 1380. The van der Waals surface area contributed by atoms with Crippen molar-refractivity contribution >= 4 is 23.3 Å². The van der Waals surface area contributed by atoms with Crippen LogP contribution in [0.4, 0.5) is 15.8 Å². The number of piperidine rings is 1. The van der Waals surface area contributed by atoms with Gasteiger partial charge in [-0.25, -0.2) is 4.39 Å². The molecule has 8 heteroatoms. The van der Waals surface area contributed by atoms with Gasteiger partial charge in [0.15, 0.2) is 0 Å². The third kappa shape index (κ3) is 6.99. The van der Waals surface area contributed by atoms with Crippen LogP contribution in [-0.2, 0) is 4.79 Å². The van der Waals surface area contributed by atoms with Crippen LogP contribution in [0.2, 0.25) is 0 Å². The minimum atomic E-state index is -0.763. The van der Waals surface area contributed by atoms with Gasteiger partial charge in [-0.1, -0.05) is 18.2 Å². The lowest BCUT2D eigenvalue weighted by molar-refractivity contribution is -0.137. The van der Waals surface area contributed by atoms with Crippen molar-refractivity contribution in [2.24, 2.45) is 11.8 Å². The van der Waals surface area contributed by atoms with E-state index in [0.717, 1.165) is 55.8 Å². The van der Waals surface area contributed by atoms with E-state index in [-0.39, 0.29) is 18.2 Å². The van der Waals surface area contributed by atoms with Gasteiger partial charge in [-0.15, -0.1) is 0 Å². The standard InChI is InChI=1S/C33H37FN2O5/c1-35(26-7-4-6-25(34)18-26)33(39)29-12-11-27(40-2)19-31(29)36-15-13-22(14-16-36)21-41-28-8-3-5-24(17-28)30(20-32(37)38)23-9-10-23/h3-8,11-12,17-19,22-23,30H,9-10,13-16,20-21H2,1-2H3,(H,37,38). The van der Waals surface area contributed by atoms with Crippen LogP contribution in [0.25, 0.3) is 0 Å². The topological polar surface area (TPSA) is 79.3 Å². The summed E-state index contributed by atoms with van der Waals surface area (Å²) >= 11 is 0. The molecule has 0 aromatic heterocycles. The Labute approximate surface area is 240 Å². The molecule has 3 aromatic carbocycles. The molecule has 2 fully saturated rings. The van der Waals surface area contributed by atoms with Gasteiger partial charge in [0.2, 0.25) is 0 Å². The van der Waals surface area contributed by atoms with Crippen LogP contribution in [0, 0.1) is 17.7 Å². The molecule has 1 aliphatic heterocycles. The summed E-state index contributed by atoms with van der Waals surface area (Å²) in [7, 11) is 3.25. The molecule has 1 amide bonds. The summed E-state index contributed by atoms with van der Waals surface area (Å²) in [6, 6.07) is 19.3. The molecule has 0 spiro atoms. The number of nitrogens with zero attached hydrogens (tertiary/aromatic N) is 2. The molecule has 1 saturated carbocycles. The number of anilines is 2. The van der Waals surface area contributed by atoms with Crippen molar-refractivity contribution in [1.29, 1.82) is 0 Å². The number of hydrogen-bond donors (Lipinski definition) is 1. The van der Waals surface area contributed by atoms with E-state index in [1.165, 1.54) is 17.0 Å². The van der Waals surface area contributed by atoms with Crippen molar-refractivity contribution < 1.29 is 28.6 Å². The number of carbonyl (C=O) groups is 2. The maximum Gasteiger partial charge on any atom is 0.303 e. The monoisotopic (exact) mass is 560 g/mol. The van der Waals surface area contributed by atoms with Gasteiger partial charge in [0, 0.05) is 31.9 Å². The van der Waals surface area contributed by atoms with Crippen molar-refractivity contribution in [3.05, 3.63) is 83.7 Å². The average molecular weight is 561 g/mol. The van der Waals surface area contributed by atoms with Gasteiger partial charge >= 0.3 is 5.97 Å². The van der Waals surface area contributed by atoms with E-state index in [4.69, 9.17) is 9.47 Å². The maximum atomic E-state index is 13.8. The van der Waals surface area contributed by atoms with Gasteiger partial charge in [0.1, 0.15) is 17.3 Å². The summed E-state index contributed by atoms with van der Waals surface area (Å²) < 4.78 is 25.5. The number of ether oxygens (including phenoxy) is 2. The number of hydrogen-bond acceptors (Lipinski definition) is 5. The Hall–Kier alpha value is -4.07. The third-order valence-electron chi connectivity index (χ3n) is 8.25. The molecule has 1 heterocycles. The lowest BCUT2D eigenvalue weighted by atomic mass is 9.91. The van der Waals surface area contributed by atoms with E-state index >= 15 is 0 Å². The number of carbonyl (C=O) groups excluding carboxylic acids is 1. The Morgan fingerprint density at radius 1 is 1.00 bits per heavy atom. The molecule has 0 bridgehead atoms. The Kier molecular flexibility index (Phi) is 8.76. The molecule has 7 nitrogen and oxygen atoms in total. The minimum absolute atomic E-state index is 0.0408. The van der Waals surface area contributed by atoms with Gasteiger partial charge in [-0.05, 0) is 91.5 Å². The smallest absolute Gasteiger partial charge is 0.303 e. The van der Waals surface area contributed by atoms with Crippen molar-refractivity contribution in [2.75, 3.05) is 43.7 Å². The van der Waals surface area contributed by atoms with Gasteiger partial charge in [0.25, 0.3) is 5.91 Å². The summed E-state index contributed by atoms with van der Waals surface area (Å²) in [6.07, 6.45) is 4.12. The molecule has 41 heavy (non-hydrogen) atoms. The van der Waals surface area contributed by atoms with E-state index in [2.05, 4.69) is 4.90 Å². The quantitative estimate of drug-likeness (QED) is 0.293. The lowest BCUT2D eigenvalue weighted by Gasteiger charge is -2.35. The van der Waals surface area contributed by atoms with Crippen LogP contribution < -0.4 is 19.3 Å². The number of methoxy groups -OCH3 is 1. The molecule has 2 aliphatic rings.